The Hall–Kier alpha value is 0. The van der Waals surface area contributed by atoms with Crippen LogP contribution < -0.4 is 0 Å². The lowest BCUT2D eigenvalue weighted by Gasteiger charge is -2.32. The molecule has 53 valence electrons. The van der Waals surface area contributed by atoms with Crippen molar-refractivity contribution in [3.05, 3.63) is 6.42 Å². The van der Waals surface area contributed by atoms with Crippen LogP contribution >= 0.6 is 0 Å². The van der Waals surface area contributed by atoms with Crippen LogP contribution in [0.15, 0.2) is 0 Å². The van der Waals surface area contributed by atoms with E-state index in [0.717, 1.165) is 5.92 Å². The van der Waals surface area contributed by atoms with E-state index >= 15 is 0 Å². The predicted octanol–water partition coefficient (Wildman–Crippen LogP) is 3.04. The van der Waals surface area contributed by atoms with Crippen molar-refractivity contribution in [3.8, 4) is 0 Å². The molecule has 1 fully saturated rings. The highest BCUT2D eigenvalue weighted by atomic mass is 14.3. The second-order valence-electron chi connectivity index (χ2n) is 4.02. The third kappa shape index (κ3) is 2.00. The molecule has 0 aliphatic heterocycles. The Morgan fingerprint density at radius 3 is 2.44 bits per heavy atom. The first kappa shape index (κ1) is 7.11. The second kappa shape index (κ2) is 2.32. The summed E-state index contributed by atoms with van der Waals surface area (Å²) in [5.41, 5.74) is 0.525. The summed E-state index contributed by atoms with van der Waals surface area (Å²) in [7, 11) is 0. The summed E-state index contributed by atoms with van der Waals surface area (Å²) in [5.74, 6) is 0.855. The summed E-state index contributed by atoms with van der Waals surface area (Å²) in [6.45, 7) is 6.99. The molecule has 0 heterocycles. The number of hydrogen-bond acceptors (Lipinski definition) is 0. The van der Waals surface area contributed by atoms with Crippen LogP contribution in [0.5, 0.6) is 0 Å². The van der Waals surface area contributed by atoms with E-state index in [1.807, 2.05) is 0 Å². The smallest absolute Gasteiger partial charge is 0.0301 e. The minimum Gasteiger partial charge on any atom is -0.0622 e. The Morgan fingerprint density at radius 1 is 1.44 bits per heavy atom. The standard InChI is InChI=1S/C9H17/c1-8-5-4-6-9(2,3)7-8/h7-8H,4-6H2,1-3H3. The monoisotopic (exact) mass is 125 g/mol. The number of rotatable bonds is 0. The minimum atomic E-state index is 0.525. The Kier molecular flexibility index (Phi) is 1.83. The third-order valence-electron chi connectivity index (χ3n) is 2.22. The summed E-state index contributed by atoms with van der Waals surface area (Å²) in [6.07, 6.45) is 6.71. The number of hydrogen-bond donors (Lipinski definition) is 0. The SMILES string of the molecule is CC1[CH]C(C)(C)CCC1. The molecule has 1 aliphatic rings. The lowest BCUT2D eigenvalue weighted by atomic mass is 9.73. The molecule has 9 heavy (non-hydrogen) atoms. The molecular formula is C9H17. The van der Waals surface area contributed by atoms with E-state index in [0.29, 0.717) is 5.41 Å². The largest absolute Gasteiger partial charge is 0.0622 e. The zero-order valence-electron chi connectivity index (χ0n) is 6.78. The molecule has 0 spiro atoms. The van der Waals surface area contributed by atoms with Gasteiger partial charge in [0.25, 0.3) is 0 Å². The lowest BCUT2D eigenvalue weighted by Crippen LogP contribution is -2.21. The molecule has 1 aliphatic carbocycles. The van der Waals surface area contributed by atoms with Crippen molar-refractivity contribution < 1.29 is 0 Å². The summed E-state index contributed by atoms with van der Waals surface area (Å²) < 4.78 is 0. The van der Waals surface area contributed by atoms with Gasteiger partial charge >= 0.3 is 0 Å². The molecule has 0 saturated heterocycles. The molecule has 0 aromatic rings. The molecule has 1 atom stereocenters. The molecule has 1 unspecified atom stereocenters. The maximum absolute atomic E-state index is 2.50. The summed E-state index contributed by atoms with van der Waals surface area (Å²) in [5, 5.41) is 0. The highest BCUT2D eigenvalue weighted by molar-refractivity contribution is 4.92. The van der Waals surface area contributed by atoms with Crippen molar-refractivity contribution in [2.45, 2.75) is 40.0 Å². The molecule has 0 aromatic heterocycles. The van der Waals surface area contributed by atoms with Crippen molar-refractivity contribution in [2.24, 2.45) is 11.3 Å². The first-order valence-electron chi connectivity index (χ1n) is 3.96. The van der Waals surface area contributed by atoms with Crippen molar-refractivity contribution in [1.82, 2.24) is 0 Å². The van der Waals surface area contributed by atoms with Crippen LogP contribution in [0.1, 0.15) is 40.0 Å². The van der Waals surface area contributed by atoms with Gasteiger partial charge in [0.15, 0.2) is 0 Å². The second-order valence-corrected chi connectivity index (χ2v) is 4.02. The molecule has 0 amide bonds. The van der Waals surface area contributed by atoms with Gasteiger partial charge in [0.2, 0.25) is 0 Å². The molecule has 0 heteroatoms. The van der Waals surface area contributed by atoms with Gasteiger partial charge in [-0.25, -0.2) is 0 Å². The van der Waals surface area contributed by atoms with Crippen LogP contribution in [0.25, 0.3) is 0 Å². The average Bonchev–Trinajstić information content (AvgIpc) is 1.60. The van der Waals surface area contributed by atoms with Gasteiger partial charge in [0.05, 0.1) is 0 Å². The molecular weight excluding hydrogens is 108 g/mol. The van der Waals surface area contributed by atoms with Gasteiger partial charge in [-0.05, 0) is 24.2 Å². The first-order valence-corrected chi connectivity index (χ1v) is 3.96. The Bertz CT molecular complexity index is 92.2. The van der Waals surface area contributed by atoms with Crippen molar-refractivity contribution >= 4 is 0 Å². The van der Waals surface area contributed by atoms with E-state index in [1.54, 1.807) is 0 Å². The fraction of sp³-hybridized carbons (Fsp3) is 0.889. The van der Waals surface area contributed by atoms with Gasteiger partial charge in [-0.3, -0.25) is 0 Å². The minimum absolute atomic E-state index is 0.525. The predicted molar refractivity (Wildman–Crippen MR) is 41.1 cm³/mol. The highest BCUT2D eigenvalue weighted by Crippen LogP contribution is 2.36. The topological polar surface area (TPSA) is 0 Å². The molecule has 0 N–H and O–H groups in total. The highest BCUT2D eigenvalue weighted by Gasteiger charge is 2.25. The lowest BCUT2D eigenvalue weighted by molar-refractivity contribution is 0.281. The maximum Gasteiger partial charge on any atom is -0.0301 e. The van der Waals surface area contributed by atoms with Crippen molar-refractivity contribution in [1.29, 1.82) is 0 Å². The molecule has 1 rings (SSSR count). The molecule has 0 nitrogen and oxygen atoms in total. The zero-order chi connectivity index (χ0) is 6.91. The quantitative estimate of drug-likeness (QED) is 0.467. The van der Waals surface area contributed by atoms with Gasteiger partial charge in [0.1, 0.15) is 0 Å². The van der Waals surface area contributed by atoms with Crippen LogP contribution in [-0.2, 0) is 0 Å². The Labute approximate surface area is 58.7 Å². The molecule has 0 bridgehead atoms. The fourth-order valence-corrected chi connectivity index (χ4v) is 1.82. The zero-order valence-corrected chi connectivity index (χ0v) is 6.78. The normalized spacial score (nSPS) is 34.3. The van der Waals surface area contributed by atoms with E-state index in [9.17, 15) is 0 Å². The van der Waals surface area contributed by atoms with E-state index in [-0.39, 0.29) is 0 Å². The summed E-state index contributed by atoms with van der Waals surface area (Å²) >= 11 is 0. The van der Waals surface area contributed by atoms with Crippen LogP contribution in [0.3, 0.4) is 0 Å². The van der Waals surface area contributed by atoms with Gasteiger partial charge < -0.3 is 0 Å². The Morgan fingerprint density at radius 2 is 2.11 bits per heavy atom. The van der Waals surface area contributed by atoms with Crippen molar-refractivity contribution in [2.75, 3.05) is 0 Å². The molecule has 0 aromatic carbocycles. The van der Waals surface area contributed by atoms with Crippen LogP contribution in [0.4, 0.5) is 0 Å². The Balaban J connectivity index is 2.41. The van der Waals surface area contributed by atoms with Gasteiger partial charge in [0, 0.05) is 0 Å². The fourth-order valence-electron chi connectivity index (χ4n) is 1.82. The van der Waals surface area contributed by atoms with Gasteiger partial charge in [-0.2, -0.15) is 0 Å². The maximum atomic E-state index is 2.50. The van der Waals surface area contributed by atoms with Crippen LogP contribution in [0.2, 0.25) is 0 Å². The van der Waals surface area contributed by atoms with E-state index in [4.69, 9.17) is 0 Å². The van der Waals surface area contributed by atoms with E-state index in [2.05, 4.69) is 27.2 Å². The molecule has 1 saturated carbocycles. The van der Waals surface area contributed by atoms with E-state index in [1.165, 1.54) is 19.3 Å². The van der Waals surface area contributed by atoms with Gasteiger partial charge in [-0.1, -0.05) is 33.6 Å². The van der Waals surface area contributed by atoms with Crippen molar-refractivity contribution in [3.63, 3.8) is 0 Å². The van der Waals surface area contributed by atoms with Crippen LogP contribution in [0, 0.1) is 17.8 Å². The summed E-state index contributed by atoms with van der Waals surface area (Å²) in [4.78, 5) is 0. The van der Waals surface area contributed by atoms with Gasteiger partial charge in [-0.15, -0.1) is 0 Å². The first-order chi connectivity index (χ1) is 4.10. The van der Waals surface area contributed by atoms with Crippen LogP contribution in [-0.4, -0.2) is 0 Å². The van der Waals surface area contributed by atoms with E-state index < -0.39 is 0 Å². The third-order valence-corrected chi connectivity index (χ3v) is 2.22. The average molecular weight is 125 g/mol. The molecule has 1 radical (unpaired) electrons. The summed E-state index contributed by atoms with van der Waals surface area (Å²) in [6, 6.07) is 0.